The Bertz CT molecular complexity index is 774. The van der Waals surface area contributed by atoms with Crippen molar-refractivity contribution < 1.29 is 9.13 Å². The van der Waals surface area contributed by atoms with Crippen molar-refractivity contribution in [2.24, 2.45) is 0 Å². The van der Waals surface area contributed by atoms with Crippen molar-refractivity contribution in [1.29, 1.82) is 0 Å². The number of fused-ring (bicyclic) bond motifs is 1. The first-order valence-corrected chi connectivity index (χ1v) is 6.72. The molecule has 0 saturated heterocycles. The fourth-order valence-electron chi connectivity index (χ4n) is 2.22. The number of pyridine rings is 1. The van der Waals surface area contributed by atoms with Gasteiger partial charge in [-0.25, -0.2) is 9.37 Å². The Morgan fingerprint density at radius 3 is 2.71 bits per heavy atom. The van der Waals surface area contributed by atoms with Gasteiger partial charge in [-0.05, 0) is 36.0 Å². The lowest BCUT2D eigenvalue weighted by Gasteiger charge is -2.10. The van der Waals surface area contributed by atoms with Crippen molar-refractivity contribution in [3.05, 3.63) is 66.1 Å². The van der Waals surface area contributed by atoms with Crippen molar-refractivity contribution in [3.63, 3.8) is 0 Å². The number of ether oxygens (including phenoxy) is 1. The molecule has 0 aliphatic heterocycles. The number of hydrogen-bond donors (Lipinski definition) is 1. The third-order valence-electron chi connectivity index (χ3n) is 3.19. The molecule has 3 nitrogen and oxygen atoms in total. The first kappa shape index (κ1) is 13.5. The lowest BCUT2D eigenvalue weighted by molar-refractivity contribution is 0.450. The third-order valence-corrected chi connectivity index (χ3v) is 3.19. The number of nitrogens with zero attached hydrogens (tertiary/aromatic N) is 1. The maximum absolute atomic E-state index is 13.3. The van der Waals surface area contributed by atoms with E-state index in [0.717, 1.165) is 17.0 Å². The SMILES string of the molecule is CNCc1cc(F)cnc1Oc1ccc2ccccc2c1. The average Bonchev–Trinajstić information content (AvgIpc) is 2.50. The van der Waals surface area contributed by atoms with Crippen molar-refractivity contribution in [2.75, 3.05) is 7.05 Å². The van der Waals surface area contributed by atoms with E-state index in [0.29, 0.717) is 23.7 Å². The summed E-state index contributed by atoms with van der Waals surface area (Å²) < 4.78 is 19.1. The normalized spacial score (nSPS) is 10.8. The highest BCUT2D eigenvalue weighted by molar-refractivity contribution is 5.83. The number of nitrogens with one attached hydrogen (secondary N) is 1. The summed E-state index contributed by atoms with van der Waals surface area (Å²) in [5, 5.41) is 5.22. The molecule has 3 aromatic rings. The Labute approximate surface area is 122 Å². The minimum atomic E-state index is -0.369. The van der Waals surface area contributed by atoms with Crippen LogP contribution in [-0.4, -0.2) is 12.0 Å². The highest BCUT2D eigenvalue weighted by Crippen LogP contribution is 2.26. The summed E-state index contributed by atoms with van der Waals surface area (Å²) in [7, 11) is 1.80. The molecule has 0 saturated carbocycles. The quantitative estimate of drug-likeness (QED) is 0.788. The maximum atomic E-state index is 13.3. The summed E-state index contributed by atoms with van der Waals surface area (Å²) in [4.78, 5) is 4.03. The van der Waals surface area contributed by atoms with E-state index in [9.17, 15) is 4.39 Å². The Balaban J connectivity index is 1.94. The first-order valence-electron chi connectivity index (χ1n) is 6.72. The fraction of sp³-hybridized carbons (Fsp3) is 0.118. The predicted octanol–water partition coefficient (Wildman–Crippen LogP) is 3.89. The maximum Gasteiger partial charge on any atom is 0.223 e. The monoisotopic (exact) mass is 282 g/mol. The number of benzene rings is 2. The lowest BCUT2D eigenvalue weighted by atomic mass is 10.1. The van der Waals surface area contributed by atoms with Crippen LogP contribution in [0, 0.1) is 5.82 Å². The molecule has 0 aliphatic carbocycles. The van der Waals surface area contributed by atoms with Gasteiger partial charge in [0.1, 0.15) is 11.6 Å². The second-order valence-corrected chi connectivity index (χ2v) is 4.76. The summed E-state index contributed by atoms with van der Waals surface area (Å²) in [6.07, 6.45) is 1.16. The van der Waals surface area contributed by atoms with E-state index in [4.69, 9.17) is 4.74 Å². The summed E-state index contributed by atoms with van der Waals surface area (Å²) in [5.41, 5.74) is 0.686. The zero-order chi connectivity index (χ0) is 14.7. The Hall–Kier alpha value is -2.46. The molecule has 1 heterocycles. The van der Waals surface area contributed by atoms with Crippen LogP contribution in [0.3, 0.4) is 0 Å². The summed E-state index contributed by atoms with van der Waals surface area (Å²) in [6.45, 7) is 0.494. The number of rotatable bonds is 4. The van der Waals surface area contributed by atoms with Crippen LogP contribution in [0.4, 0.5) is 4.39 Å². The molecule has 0 aliphatic rings. The van der Waals surface area contributed by atoms with Gasteiger partial charge in [0.2, 0.25) is 5.88 Å². The van der Waals surface area contributed by atoms with Gasteiger partial charge in [-0.1, -0.05) is 30.3 Å². The van der Waals surface area contributed by atoms with Crippen LogP contribution in [0.15, 0.2) is 54.7 Å². The molecule has 0 bridgehead atoms. The van der Waals surface area contributed by atoms with E-state index in [2.05, 4.69) is 10.3 Å². The molecule has 1 aromatic heterocycles. The summed E-state index contributed by atoms with van der Waals surface area (Å²) in [6, 6.07) is 15.3. The van der Waals surface area contributed by atoms with Crippen LogP contribution in [0.25, 0.3) is 10.8 Å². The summed E-state index contributed by atoms with van der Waals surface area (Å²) >= 11 is 0. The van der Waals surface area contributed by atoms with Crippen LogP contribution in [0.5, 0.6) is 11.6 Å². The van der Waals surface area contributed by atoms with Gasteiger partial charge in [-0.2, -0.15) is 0 Å². The second kappa shape index (κ2) is 5.89. The molecule has 2 aromatic carbocycles. The van der Waals surface area contributed by atoms with E-state index in [-0.39, 0.29) is 5.82 Å². The van der Waals surface area contributed by atoms with Gasteiger partial charge in [0.05, 0.1) is 6.20 Å². The molecule has 1 N–H and O–H groups in total. The van der Waals surface area contributed by atoms with Gasteiger partial charge in [0.25, 0.3) is 0 Å². The third kappa shape index (κ3) is 3.01. The van der Waals surface area contributed by atoms with Crippen LogP contribution in [-0.2, 0) is 6.54 Å². The van der Waals surface area contributed by atoms with E-state index < -0.39 is 0 Å². The van der Waals surface area contributed by atoms with Gasteiger partial charge in [0, 0.05) is 12.1 Å². The highest BCUT2D eigenvalue weighted by atomic mass is 19.1. The number of hydrogen-bond acceptors (Lipinski definition) is 3. The van der Waals surface area contributed by atoms with Crippen molar-refractivity contribution in [2.45, 2.75) is 6.54 Å². The average molecular weight is 282 g/mol. The molecule has 21 heavy (non-hydrogen) atoms. The summed E-state index contributed by atoms with van der Waals surface area (Å²) in [5.74, 6) is 0.734. The zero-order valence-electron chi connectivity index (χ0n) is 11.6. The molecule has 0 fully saturated rings. The molecular weight excluding hydrogens is 267 g/mol. The van der Waals surface area contributed by atoms with E-state index >= 15 is 0 Å². The van der Waals surface area contributed by atoms with E-state index in [1.165, 1.54) is 6.07 Å². The second-order valence-electron chi connectivity index (χ2n) is 4.76. The topological polar surface area (TPSA) is 34.2 Å². The Morgan fingerprint density at radius 2 is 1.90 bits per heavy atom. The molecule has 106 valence electrons. The predicted molar refractivity (Wildman–Crippen MR) is 81.0 cm³/mol. The fourth-order valence-corrected chi connectivity index (χ4v) is 2.22. The largest absolute Gasteiger partial charge is 0.439 e. The number of halogens is 1. The Morgan fingerprint density at radius 1 is 1.10 bits per heavy atom. The zero-order valence-corrected chi connectivity index (χ0v) is 11.6. The molecular formula is C17H15FN2O. The minimum Gasteiger partial charge on any atom is -0.439 e. The molecule has 0 amide bonds. The van der Waals surface area contributed by atoms with Gasteiger partial charge >= 0.3 is 0 Å². The van der Waals surface area contributed by atoms with Crippen LogP contribution < -0.4 is 10.1 Å². The van der Waals surface area contributed by atoms with Crippen LogP contribution in [0.1, 0.15) is 5.56 Å². The van der Waals surface area contributed by atoms with Crippen LogP contribution >= 0.6 is 0 Å². The van der Waals surface area contributed by atoms with Crippen molar-refractivity contribution in [3.8, 4) is 11.6 Å². The molecule has 0 unspecified atom stereocenters. The molecule has 0 atom stereocenters. The highest BCUT2D eigenvalue weighted by Gasteiger charge is 2.08. The first-order chi connectivity index (χ1) is 10.3. The smallest absolute Gasteiger partial charge is 0.223 e. The van der Waals surface area contributed by atoms with Gasteiger partial charge in [-0.3, -0.25) is 0 Å². The molecule has 4 heteroatoms. The minimum absolute atomic E-state index is 0.369. The molecule has 3 rings (SSSR count). The lowest BCUT2D eigenvalue weighted by Crippen LogP contribution is -2.07. The molecule has 0 radical (unpaired) electrons. The van der Waals surface area contributed by atoms with Crippen molar-refractivity contribution in [1.82, 2.24) is 10.3 Å². The Kier molecular flexibility index (Phi) is 3.79. The van der Waals surface area contributed by atoms with E-state index in [1.807, 2.05) is 42.5 Å². The van der Waals surface area contributed by atoms with Gasteiger partial charge < -0.3 is 10.1 Å². The van der Waals surface area contributed by atoms with Gasteiger partial charge in [0.15, 0.2) is 0 Å². The standard InChI is InChI=1S/C17H15FN2O/c1-19-10-14-8-15(18)11-20-17(14)21-16-7-6-12-4-2-3-5-13(12)9-16/h2-9,11,19H,10H2,1H3. The number of aromatic nitrogens is 1. The van der Waals surface area contributed by atoms with E-state index in [1.54, 1.807) is 7.05 Å². The van der Waals surface area contributed by atoms with Crippen LogP contribution in [0.2, 0.25) is 0 Å². The van der Waals surface area contributed by atoms with Crippen molar-refractivity contribution >= 4 is 10.8 Å². The van der Waals surface area contributed by atoms with Gasteiger partial charge in [-0.15, -0.1) is 0 Å². The molecule has 0 spiro atoms.